The molecule has 0 bridgehead atoms. The van der Waals surface area contributed by atoms with E-state index in [9.17, 15) is 4.79 Å². The van der Waals surface area contributed by atoms with Gasteiger partial charge in [-0.05, 0) is 79.3 Å². The minimum Gasteiger partial charge on any atom is -0.491 e. The van der Waals surface area contributed by atoms with Gasteiger partial charge in [-0.1, -0.05) is 31.2 Å². The maximum absolute atomic E-state index is 12.7. The van der Waals surface area contributed by atoms with Gasteiger partial charge in [-0.2, -0.15) is 0 Å². The Morgan fingerprint density at radius 2 is 1.60 bits per heavy atom. The average molecular weight is 481 g/mol. The van der Waals surface area contributed by atoms with E-state index in [2.05, 4.69) is 31.2 Å². The molecule has 0 radical (unpaired) electrons. The number of aryl methyl sites for hydroxylation is 1. The normalized spacial score (nSPS) is 26.0. The minimum absolute atomic E-state index is 0.0225. The number of benzene rings is 2. The Balaban J connectivity index is 1.04. The highest BCUT2D eigenvalue weighted by Gasteiger charge is 2.27. The summed E-state index contributed by atoms with van der Waals surface area (Å²) < 4.78 is 27.8. The first-order chi connectivity index (χ1) is 17.0. The summed E-state index contributed by atoms with van der Waals surface area (Å²) in [7, 11) is 0. The molecule has 1 aliphatic carbocycles. The summed E-state index contributed by atoms with van der Waals surface area (Å²) >= 11 is 0. The van der Waals surface area contributed by atoms with E-state index in [1.807, 2.05) is 25.1 Å². The van der Waals surface area contributed by atoms with Gasteiger partial charge in [0, 0.05) is 0 Å². The number of rotatable bonds is 11. The van der Waals surface area contributed by atoms with Gasteiger partial charge in [-0.25, -0.2) is 0 Å². The van der Waals surface area contributed by atoms with Gasteiger partial charge < -0.3 is 23.7 Å². The maximum Gasteiger partial charge on any atom is 0.306 e. The van der Waals surface area contributed by atoms with E-state index in [1.54, 1.807) is 0 Å². The summed E-state index contributed by atoms with van der Waals surface area (Å²) in [6.07, 6.45) is 4.83. The summed E-state index contributed by atoms with van der Waals surface area (Å²) in [5, 5.41) is 0. The highest BCUT2D eigenvalue weighted by Crippen LogP contribution is 2.35. The molecule has 6 heteroatoms. The van der Waals surface area contributed by atoms with Crippen LogP contribution in [0.5, 0.6) is 11.5 Å². The van der Waals surface area contributed by atoms with E-state index in [0.29, 0.717) is 25.6 Å². The van der Waals surface area contributed by atoms with Crippen molar-refractivity contribution < 1.29 is 28.5 Å². The number of hydrogen-bond acceptors (Lipinski definition) is 6. The molecule has 0 aromatic heterocycles. The molecule has 2 aliphatic heterocycles. The van der Waals surface area contributed by atoms with Gasteiger partial charge in [-0.15, -0.1) is 0 Å². The van der Waals surface area contributed by atoms with Crippen molar-refractivity contribution in [3.05, 3.63) is 59.2 Å². The SMILES string of the molecule is Cc1cc(C(C)CC(=O)OC2CCC(c3ccc(OCC4CO4)cc3)CC2)ccc1OCC1CO1. The standard InChI is InChI=1S/C29H36O6/c1-19(23-7-12-28(20(2)13-23)34-18-27-17-33-27)14-29(30)35-25-10-5-22(6-11-25)21-3-8-24(9-4-21)31-15-26-16-32-26/h3-4,7-9,12-13,19,22,25-27H,5-6,10-11,14-18H2,1-2H3. The molecule has 1 saturated carbocycles. The quantitative estimate of drug-likeness (QED) is 0.321. The van der Waals surface area contributed by atoms with Gasteiger partial charge in [0.25, 0.3) is 0 Å². The van der Waals surface area contributed by atoms with Crippen molar-refractivity contribution >= 4 is 5.97 Å². The van der Waals surface area contributed by atoms with E-state index in [-0.39, 0.29) is 30.2 Å². The van der Waals surface area contributed by atoms with Crippen LogP contribution in [0.3, 0.4) is 0 Å². The fraction of sp³-hybridized carbons (Fsp3) is 0.552. The summed E-state index contributed by atoms with van der Waals surface area (Å²) in [4.78, 5) is 12.7. The molecule has 35 heavy (non-hydrogen) atoms. The van der Waals surface area contributed by atoms with Gasteiger partial charge in [0.1, 0.15) is 43.0 Å². The van der Waals surface area contributed by atoms with Crippen LogP contribution >= 0.6 is 0 Å². The van der Waals surface area contributed by atoms with E-state index in [4.69, 9.17) is 23.7 Å². The van der Waals surface area contributed by atoms with E-state index < -0.39 is 0 Å². The van der Waals surface area contributed by atoms with Crippen molar-refractivity contribution in [3.8, 4) is 11.5 Å². The van der Waals surface area contributed by atoms with Crippen molar-refractivity contribution in [1.82, 2.24) is 0 Å². The van der Waals surface area contributed by atoms with Crippen LogP contribution in [0.1, 0.15) is 67.6 Å². The van der Waals surface area contributed by atoms with Crippen LogP contribution in [0.15, 0.2) is 42.5 Å². The largest absolute Gasteiger partial charge is 0.491 e. The monoisotopic (exact) mass is 480 g/mol. The van der Waals surface area contributed by atoms with Gasteiger partial charge in [-0.3, -0.25) is 4.79 Å². The third kappa shape index (κ3) is 6.98. The first kappa shape index (κ1) is 24.1. The molecule has 2 saturated heterocycles. The molecule has 0 amide bonds. The zero-order chi connectivity index (χ0) is 24.2. The van der Waals surface area contributed by atoms with Crippen LogP contribution in [0.2, 0.25) is 0 Å². The van der Waals surface area contributed by atoms with Crippen molar-refractivity contribution in [1.29, 1.82) is 0 Å². The highest BCUT2D eigenvalue weighted by atomic mass is 16.6. The van der Waals surface area contributed by atoms with Crippen LogP contribution in [-0.4, -0.2) is 50.7 Å². The van der Waals surface area contributed by atoms with Crippen molar-refractivity contribution in [2.45, 2.75) is 76.1 Å². The Morgan fingerprint density at radius 3 is 2.23 bits per heavy atom. The molecule has 2 heterocycles. The fourth-order valence-electron chi connectivity index (χ4n) is 4.79. The molecule has 2 aromatic carbocycles. The lowest BCUT2D eigenvalue weighted by atomic mass is 9.82. The smallest absolute Gasteiger partial charge is 0.306 e. The first-order valence-corrected chi connectivity index (χ1v) is 12.9. The Hall–Kier alpha value is -2.57. The highest BCUT2D eigenvalue weighted by molar-refractivity contribution is 5.70. The average Bonchev–Trinajstić information content (AvgIpc) is 3.78. The van der Waals surface area contributed by atoms with Crippen LogP contribution in [0.4, 0.5) is 0 Å². The van der Waals surface area contributed by atoms with Gasteiger partial charge in [0.2, 0.25) is 0 Å². The van der Waals surface area contributed by atoms with E-state index >= 15 is 0 Å². The molecule has 2 aromatic rings. The van der Waals surface area contributed by atoms with Crippen molar-refractivity contribution in [2.24, 2.45) is 0 Å². The van der Waals surface area contributed by atoms with Crippen LogP contribution in [-0.2, 0) is 19.0 Å². The second-order valence-electron chi connectivity index (χ2n) is 10.2. The molecule has 0 N–H and O–H groups in total. The lowest BCUT2D eigenvalue weighted by Crippen LogP contribution is -2.24. The molecule has 0 spiro atoms. The molecular weight excluding hydrogens is 444 g/mol. The third-order valence-electron chi connectivity index (χ3n) is 7.23. The zero-order valence-electron chi connectivity index (χ0n) is 20.7. The molecule has 3 unspecified atom stereocenters. The number of carbonyl (C=O) groups is 1. The van der Waals surface area contributed by atoms with Gasteiger partial charge >= 0.3 is 5.97 Å². The number of ether oxygens (including phenoxy) is 5. The van der Waals surface area contributed by atoms with Gasteiger partial charge in [0.15, 0.2) is 0 Å². The van der Waals surface area contributed by atoms with Crippen LogP contribution < -0.4 is 9.47 Å². The Morgan fingerprint density at radius 1 is 0.943 bits per heavy atom. The second kappa shape index (κ2) is 11.0. The lowest BCUT2D eigenvalue weighted by Gasteiger charge is -2.29. The van der Waals surface area contributed by atoms with Crippen LogP contribution in [0.25, 0.3) is 0 Å². The Kier molecular flexibility index (Phi) is 7.59. The van der Waals surface area contributed by atoms with Crippen molar-refractivity contribution in [2.75, 3.05) is 26.4 Å². The molecule has 3 fully saturated rings. The predicted molar refractivity (Wildman–Crippen MR) is 132 cm³/mol. The number of epoxide rings is 2. The Bertz CT molecular complexity index is 987. The number of carbonyl (C=O) groups excluding carboxylic acids is 1. The van der Waals surface area contributed by atoms with Crippen molar-refractivity contribution in [3.63, 3.8) is 0 Å². The molecule has 5 rings (SSSR count). The predicted octanol–water partition coefficient (Wildman–Crippen LogP) is 5.31. The molecular formula is C29H36O6. The molecule has 188 valence electrons. The number of esters is 1. The lowest BCUT2D eigenvalue weighted by molar-refractivity contribution is -0.151. The Labute approximate surface area is 207 Å². The minimum atomic E-state index is -0.106. The topological polar surface area (TPSA) is 69.8 Å². The van der Waals surface area contributed by atoms with Gasteiger partial charge in [0.05, 0.1) is 19.6 Å². The number of hydrogen-bond donors (Lipinski definition) is 0. The fourth-order valence-corrected chi connectivity index (χ4v) is 4.79. The van der Waals surface area contributed by atoms with Crippen LogP contribution in [0, 0.1) is 6.92 Å². The first-order valence-electron chi connectivity index (χ1n) is 12.9. The van der Waals surface area contributed by atoms with E-state index in [1.165, 1.54) is 5.56 Å². The summed E-state index contributed by atoms with van der Waals surface area (Å²) in [5.41, 5.74) is 3.55. The molecule has 3 aliphatic rings. The maximum atomic E-state index is 12.7. The van der Waals surface area contributed by atoms with E-state index in [0.717, 1.165) is 61.5 Å². The second-order valence-corrected chi connectivity index (χ2v) is 10.2. The zero-order valence-corrected chi connectivity index (χ0v) is 20.7. The molecule has 3 atom stereocenters. The molecule has 6 nitrogen and oxygen atoms in total. The summed E-state index contributed by atoms with van der Waals surface area (Å²) in [6.45, 7) is 6.95. The third-order valence-corrected chi connectivity index (χ3v) is 7.23. The summed E-state index contributed by atoms with van der Waals surface area (Å²) in [6, 6.07) is 14.6. The summed E-state index contributed by atoms with van der Waals surface area (Å²) in [5.74, 6) is 2.29.